The maximum absolute atomic E-state index is 12.3. The molecule has 0 bridgehead atoms. The van der Waals surface area contributed by atoms with Gasteiger partial charge in [-0.15, -0.1) is 0 Å². The molecular formula is C18H15NO4. The Hall–Kier alpha value is -3.08. The smallest absolute Gasteiger partial charge is 0.347 e. The molecule has 2 aromatic carbocycles. The van der Waals surface area contributed by atoms with Crippen molar-refractivity contribution < 1.29 is 18.7 Å². The van der Waals surface area contributed by atoms with E-state index >= 15 is 0 Å². The highest BCUT2D eigenvalue weighted by molar-refractivity contribution is 6.04. The first-order valence-corrected chi connectivity index (χ1v) is 7.06. The van der Waals surface area contributed by atoms with E-state index < -0.39 is 5.97 Å². The fraction of sp³-hybridized carbons (Fsp3) is 0.111. The minimum atomic E-state index is -0.524. The second-order valence-corrected chi connectivity index (χ2v) is 5.26. The summed E-state index contributed by atoms with van der Waals surface area (Å²) in [4.78, 5) is 25.7. The minimum Gasteiger partial charge on any atom is -0.463 e. The zero-order valence-corrected chi connectivity index (χ0v) is 12.8. The molecule has 0 aliphatic rings. The topological polar surface area (TPSA) is 59.8 Å². The van der Waals surface area contributed by atoms with Crippen molar-refractivity contribution in [3.05, 3.63) is 65.9 Å². The average Bonchev–Trinajstić information content (AvgIpc) is 2.98. The van der Waals surface area contributed by atoms with E-state index in [9.17, 15) is 9.59 Å². The zero-order valence-electron chi connectivity index (χ0n) is 12.8. The number of carbonyl (C=O) groups is 2. The lowest BCUT2D eigenvalue weighted by Crippen LogP contribution is -2.21. The summed E-state index contributed by atoms with van der Waals surface area (Å²) < 4.78 is 10.7. The molecule has 3 rings (SSSR count). The highest BCUT2D eigenvalue weighted by Gasteiger charge is 2.16. The molecule has 0 fully saturated rings. The van der Waals surface area contributed by atoms with Gasteiger partial charge in [-0.1, -0.05) is 24.3 Å². The Morgan fingerprint density at radius 3 is 2.61 bits per heavy atom. The van der Waals surface area contributed by atoms with Gasteiger partial charge in [-0.3, -0.25) is 4.79 Å². The van der Waals surface area contributed by atoms with Gasteiger partial charge in [0.1, 0.15) is 23.2 Å². The van der Waals surface area contributed by atoms with Crippen LogP contribution in [0.1, 0.15) is 20.7 Å². The number of fused-ring (bicyclic) bond motifs is 1. The molecule has 1 amide bonds. The van der Waals surface area contributed by atoms with Crippen LogP contribution in [0.15, 0.2) is 59.2 Å². The maximum atomic E-state index is 12.3. The Morgan fingerprint density at radius 2 is 1.83 bits per heavy atom. The molecule has 116 valence electrons. The summed E-state index contributed by atoms with van der Waals surface area (Å²) in [5.74, 6) is -0.367. The van der Waals surface area contributed by atoms with Gasteiger partial charge in [-0.05, 0) is 24.3 Å². The van der Waals surface area contributed by atoms with Crippen LogP contribution in [0.25, 0.3) is 11.0 Å². The van der Waals surface area contributed by atoms with Crippen LogP contribution in [0.4, 0.5) is 0 Å². The van der Waals surface area contributed by atoms with Crippen LogP contribution in [-0.4, -0.2) is 30.9 Å². The van der Waals surface area contributed by atoms with Crippen LogP contribution in [0.2, 0.25) is 0 Å². The van der Waals surface area contributed by atoms with Gasteiger partial charge in [0.05, 0.1) is 0 Å². The van der Waals surface area contributed by atoms with Gasteiger partial charge in [0.2, 0.25) is 0 Å². The third-order valence-corrected chi connectivity index (χ3v) is 3.40. The fourth-order valence-electron chi connectivity index (χ4n) is 2.25. The number of furan rings is 1. The van der Waals surface area contributed by atoms with E-state index in [1.807, 2.05) is 12.1 Å². The van der Waals surface area contributed by atoms with Gasteiger partial charge in [-0.2, -0.15) is 0 Å². The van der Waals surface area contributed by atoms with Crippen molar-refractivity contribution in [2.24, 2.45) is 0 Å². The van der Waals surface area contributed by atoms with Crippen LogP contribution in [0.3, 0.4) is 0 Å². The Labute approximate surface area is 133 Å². The summed E-state index contributed by atoms with van der Waals surface area (Å²) >= 11 is 0. The number of rotatable bonds is 3. The average molecular weight is 309 g/mol. The molecular weight excluding hydrogens is 294 g/mol. The lowest BCUT2D eigenvalue weighted by atomic mass is 10.1. The molecule has 1 aromatic heterocycles. The molecule has 0 spiro atoms. The predicted molar refractivity (Wildman–Crippen MR) is 85.6 cm³/mol. The molecule has 0 aliphatic carbocycles. The molecule has 0 atom stereocenters. The Morgan fingerprint density at radius 1 is 1.04 bits per heavy atom. The fourth-order valence-corrected chi connectivity index (χ4v) is 2.25. The van der Waals surface area contributed by atoms with Gasteiger partial charge >= 0.3 is 5.97 Å². The molecule has 3 aromatic rings. The zero-order chi connectivity index (χ0) is 16.4. The Kier molecular flexibility index (Phi) is 3.85. The molecule has 0 N–H and O–H groups in total. The summed E-state index contributed by atoms with van der Waals surface area (Å²) in [7, 11) is 3.33. The molecule has 5 heteroatoms. The van der Waals surface area contributed by atoms with Crippen LogP contribution in [-0.2, 0) is 0 Å². The highest BCUT2D eigenvalue weighted by atomic mass is 16.5. The molecule has 1 heterocycles. The normalized spacial score (nSPS) is 10.5. The summed E-state index contributed by atoms with van der Waals surface area (Å²) in [6.45, 7) is 0. The van der Waals surface area contributed by atoms with E-state index in [2.05, 4.69) is 0 Å². The third-order valence-electron chi connectivity index (χ3n) is 3.40. The number of amides is 1. The van der Waals surface area contributed by atoms with Gasteiger partial charge in [0.25, 0.3) is 5.91 Å². The lowest BCUT2D eigenvalue weighted by Gasteiger charge is -2.11. The predicted octanol–water partition coefficient (Wildman–Crippen LogP) is 3.35. The summed E-state index contributed by atoms with van der Waals surface area (Å²) in [5, 5.41) is 0.693. The van der Waals surface area contributed by atoms with Gasteiger partial charge in [-0.25, -0.2) is 4.79 Å². The number of nitrogens with zero attached hydrogens (tertiary/aromatic N) is 1. The molecule has 0 unspecified atom stereocenters. The maximum Gasteiger partial charge on any atom is 0.347 e. The monoisotopic (exact) mass is 309 g/mol. The van der Waals surface area contributed by atoms with Crippen molar-refractivity contribution in [2.45, 2.75) is 0 Å². The van der Waals surface area contributed by atoms with Crippen LogP contribution >= 0.6 is 0 Å². The molecule has 0 aliphatic heterocycles. The van der Waals surface area contributed by atoms with E-state index in [1.165, 1.54) is 11.2 Å². The number of ether oxygens (including phenoxy) is 1. The van der Waals surface area contributed by atoms with E-state index in [-0.39, 0.29) is 5.91 Å². The first-order chi connectivity index (χ1) is 11.1. The largest absolute Gasteiger partial charge is 0.463 e. The van der Waals surface area contributed by atoms with E-state index in [4.69, 9.17) is 9.15 Å². The summed E-state index contributed by atoms with van der Waals surface area (Å²) in [5.41, 5.74) is 1.43. The second kappa shape index (κ2) is 5.96. The van der Waals surface area contributed by atoms with Gasteiger partial charge in [0.15, 0.2) is 0 Å². The number of hydrogen-bond donors (Lipinski definition) is 0. The first kappa shape index (κ1) is 14.8. The van der Waals surface area contributed by atoms with Crippen LogP contribution in [0.5, 0.6) is 5.75 Å². The van der Waals surface area contributed by atoms with Crippen molar-refractivity contribution in [1.82, 2.24) is 4.90 Å². The number of hydrogen-bond acceptors (Lipinski definition) is 4. The number of para-hydroxylation sites is 1. The lowest BCUT2D eigenvalue weighted by molar-refractivity contribution is 0.0732. The van der Waals surface area contributed by atoms with Crippen molar-refractivity contribution >= 4 is 22.8 Å². The van der Waals surface area contributed by atoms with Gasteiger partial charge < -0.3 is 14.1 Å². The summed E-state index contributed by atoms with van der Waals surface area (Å²) in [6.07, 6.45) is 1.38. The standard InChI is InChI=1S/C18H15NO4/c1-19(2)17(20)12-6-5-7-13(10-12)23-18(21)15-11-22-16-9-4-3-8-14(15)16/h3-11H,1-2H3. The minimum absolute atomic E-state index is 0.156. The van der Waals surface area contributed by atoms with Crippen LogP contribution in [0, 0.1) is 0 Å². The van der Waals surface area contributed by atoms with E-state index in [0.29, 0.717) is 27.8 Å². The molecule has 0 saturated heterocycles. The molecule has 23 heavy (non-hydrogen) atoms. The second-order valence-electron chi connectivity index (χ2n) is 5.26. The third kappa shape index (κ3) is 2.94. The van der Waals surface area contributed by atoms with E-state index in [0.717, 1.165) is 0 Å². The van der Waals surface area contributed by atoms with Crippen molar-refractivity contribution in [2.75, 3.05) is 14.1 Å². The molecule has 5 nitrogen and oxygen atoms in total. The molecule has 0 radical (unpaired) electrons. The molecule has 0 saturated carbocycles. The number of benzene rings is 2. The van der Waals surface area contributed by atoms with Crippen LogP contribution < -0.4 is 4.74 Å². The van der Waals surface area contributed by atoms with Crippen molar-refractivity contribution in [3.63, 3.8) is 0 Å². The first-order valence-electron chi connectivity index (χ1n) is 7.06. The van der Waals surface area contributed by atoms with Crippen molar-refractivity contribution in [3.8, 4) is 5.75 Å². The van der Waals surface area contributed by atoms with Gasteiger partial charge in [0, 0.05) is 25.0 Å². The van der Waals surface area contributed by atoms with Crippen molar-refractivity contribution in [1.29, 1.82) is 0 Å². The SMILES string of the molecule is CN(C)C(=O)c1cccc(OC(=O)c2coc3ccccc23)c1. The Balaban J connectivity index is 1.86. The Bertz CT molecular complexity index is 879. The number of carbonyl (C=O) groups excluding carboxylic acids is 2. The quantitative estimate of drug-likeness (QED) is 0.550. The number of esters is 1. The van der Waals surface area contributed by atoms with E-state index in [1.54, 1.807) is 50.5 Å². The summed E-state index contributed by atoms with van der Waals surface area (Å²) in [6, 6.07) is 13.8. The highest BCUT2D eigenvalue weighted by Crippen LogP contribution is 2.23.